The quantitative estimate of drug-likeness (QED) is 0.386. The lowest BCUT2D eigenvalue weighted by molar-refractivity contribution is 0.0940. The molecule has 122 valence electrons. The number of carbonyl (C=O) groups is 1. The van der Waals surface area contributed by atoms with E-state index in [9.17, 15) is 4.79 Å². The van der Waals surface area contributed by atoms with Crippen LogP contribution in [0.2, 0.25) is 0 Å². The van der Waals surface area contributed by atoms with Gasteiger partial charge in [0, 0.05) is 0 Å². The van der Waals surface area contributed by atoms with E-state index in [-0.39, 0.29) is 11.9 Å². The Labute approximate surface area is 145 Å². The Hall–Kier alpha value is -2.78. The van der Waals surface area contributed by atoms with Crippen molar-refractivity contribution in [2.45, 2.75) is 13.0 Å². The van der Waals surface area contributed by atoms with E-state index in [2.05, 4.69) is 15.6 Å². The van der Waals surface area contributed by atoms with Crippen molar-refractivity contribution in [1.82, 2.24) is 10.6 Å². The first-order valence-corrected chi connectivity index (χ1v) is 8.60. The van der Waals surface area contributed by atoms with Crippen molar-refractivity contribution >= 4 is 28.5 Å². The van der Waals surface area contributed by atoms with E-state index < -0.39 is 0 Å². The van der Waals surface area contributed by atoms with Gasteiger partial charge in [0.15, 0.2) is 11.4 Å². The van der Waals surface area contributed by atoms with Crippen LogP contribution in [0.15, 0.2) is 59.6 Å². The minimum absolute atomic E-state index is 0.118. The molecule has 0 heterocycles. The molecule has 0 saturated heterocycles. The molecule has 2 rings (SSSR count). The highest BCUT2D eigenvalue weighted by molar-refractivity contribution is 8.13. The Morgan fingerprint density at radius 2 is 1.83 bits per heavy atom. The van der Waals surface area contributed by atoms with E-state index in [1.54, 1.807) is 24.3 Å². The molecular weight excluding hydrogens is 320 g/mol. The number of aliphatic imine (C=N–C) groups is 1. The van der Waals surface area contributed by atoms with Crippen molar-refractivity contribution in [3.63, 3.8) is 0 Å². The average Bonchev–Trinajstić information content (AvgIpc) is 2.62. The molecule has 0 aliphatic carbocycles. The molecule has 0 aromatic heterocycles. The summed E-state index contributed by atoms with van der Waals surface area (Å²) in [7, 11) is 0. The molecule has 0 aliphatic rings. The second-order valence-electron chi connectivity index (χ2n) is 4.98. The predicted octanol–water partition coefficient (Wildman–Crippen LogP) is 3.60. The maximum atomic E-state index is 12.6. The number of amides is 1. The molecule has 2 aromatic rings. The van der Waals surface area contributed by atoms with Gasteiger partial charge in [0.1, 0.15) is 0 Å². The van der Waals surface area contributed by atoms with E-state index in [1.165, 1.54) is 11.8 Å². The van der Waals surface area contributed by atoms with Gasteiger partial charge in [-0.15, -0.1) is 0 Å². The van der Waals surface area contributed by atoms with Crippen molar-refractivity contribution in [2.75, 3.05) is 6.26 Å². The smallest absolute Gasteiger partial charge is 0.253 e. The highest BCUT2D eigenvalue weighted by atomic mass is 32.2. The van der Waals surface area contributed by atoms with E-state index in [0.29, 0.717) is 16.4 Å². The summed E-state index contributed by atoms with van der Waals surface area (Å²) in [5.74, 6) is -0.205. The Kier molecular flexibility index (Phi) is 6.41. The summed E-state index contributed by atoms with van der Waals surface area (Å²) in [5, 5.41) is 14.6. The van der Waals surface area contributed by atoms with E-state index in [4.69, 9.17) is 5.26 Å². The second kappa shape index (κ2) is 8.75. The summed E-state index contributed by atoms with van der Waals surface area (Å²) < 4.78 is 0. The first-order chi connectivity index (χ1) is 11.7. The lowest BCUT2D eigenvalue weighted by Crippen LogP contribution is -2.26. The van der Waals surface area contributed by atoms with Gasteiger partial charge in [-0.05, 0) is 30.9 Å². The first-order valence-electron chi connectivity index (χ1n) is 7.38. The molecule has 0 radical (unpaired) electrons. The minimum atomic E-state index is -0.205. The number of carbonyl (C=O) groups excluding carboxylic acids is 1. The van der Waals surface area contributed by atoms with Gasteiger partial charge in [0.05, 0.1) is 17.3 Å². The number of para-hydroxylation sites is 1. The number of nitriles is 1. The van der Waals surface area contributed by atoms with Crippen LogP contribution in [0.3, 0.4) is 0 Å². The molecule has 24 heavy (non-hydrogen) atoms. The Bertz CT molecular complexity index is 768. The minimum Gasteiger partial charge on any atom is -0.345 e. The van der Waals surface area contributed by atoms with Crippen LogP contribution in [0.4, 0.5) is 5.69 Å². The van der Waals surface area contributed by atoms with Gasteiger partial charge in [0.2, 0.25) is 0 Å². The topological polar surface area (TPSA) is 77.3 Å². The molecule has 2 N–H and O–H groups in total. The molecular formula is C18H18N4OS. The molecule has 0 saturated carbocycles. The van der Waals surface area contributed by atoms with E-state index in [0.717, 1.165) is 5.56 Å². The van der Waals surface area contributed by atoms with Crippen LogP contribution in [0, 0.1) is 11.5 Å². The zero-order chi connectivity index (χ0) is 17.4. The molecule has 1 amide bonds. The van der Waals surface area contributed by atoms with Gasteiger partial charge in [0.25, 0.3) is 5.91 Å². The van der Waals surface area contributed by atoms with Gasteiger partial charge in [-0.3, -0.25) is 10.1 Å². The molecule has 6 heteroatoms. The maximum Gasteiger partial charge on any atom is 0.253 e. The molecule has 5 nitrogen and oxygen atoms in total. The third-order valence-corrected chi connectivity index (χ3v) is 3.95. The Morgan fingerprint density at radius 1 is 1.17 bits per heavy atom. The average molecular weight is 338 g/mol. The normalized spacial score (nSPS) is 12.1. The van der Waals surface area contributed by atoms with Gasteiger partial charge >= 0.3 is 0 Å². The summed E-state index contributed by atoms with van der Waals surface area (Å²) >= 11 is 1.31. The van der Waals surface area contributed by atoms with Gasteiger partial charge < -0.3 is 5.32 Å². The van der Waals surface area contributed by atoms with Crippen molar-refractivity contribution < 1.29 is 4.79 Å². The zero-order valence-corrected chi connectivity index (χ0v) is 14.3. The maximum absolute atomic E-state index is 12.6. The van der Waals surface area contributed by atoms with Crippen LogP contribution in [-0.4, -0.2) is 17.3 Å². The van der Waals surface area contributed by atoms with Crippen LogP contribution in [0.25, 0.3) is 0 Å². The number of thioether (sulfide) groups is 1. The summed E-state index contributed by atoms with van der Waals surface area (Å²) in [5.41, 5.74) is 2.01. The third kappa shape index (κ3) is 4.61. The van der Waals surface area contributed by atoms with Crippen molar-refractivity contribution in [3.8, 4) is 6.19 Å². The van der Waals surface area contributed by atoms with Crippen LogP contribution in [0.1, 0.15) is 28.9 Å². The molecule has 0 fully saturated rings. The number of hydrogen-bond acceptors (Lipinski definition) is 4. The SMILES string of the molecule is CSC(=Nc1ccccc1C(=O)NC(C)c1ccccc1)NC#N. The fraction of sp³-hybridized carbons (Fsp3) is 0.167. The summed E-state index contributed by atoms with van der Waals surface area (Å²) in [6.45, 7) is 1.93. The number of hydrogen-bond donors (Lipinski definition) is 2. The van der Waals surface area contributed by atoms with Crippen molar-refractivity contribution in [2.24, 2.45) is 4.99 Å². The number of nitrogens with zero attached hydrogens (tertiary/aromatic N) is 2. The van der Waals surface area contributed by atoms with E-state index >= 15 is 0 Å². The number of rotatable bonds is 4. The summed E-state index contributed by atoms with van der Waals surface area (Å²) in [6, 6.07) is 16.7. The Morgan fingerprint density at radius 3 is 2.50 bits per heavy atom. The van der Waals surface area contributed by atoms with Gasteiger partial charge in [-0.25, -0.2) is 4.99 Å². The van der Waals surface area contributed by atoms with Crippen LogP contribution in [-0.2, 0) is 0 Å². The third-order valence-electron chi connectivity index (χ3n) is 3.37. The standard InChI is InChI=1S/C18H18N4OS/c1-13(14-8-4-3-5-9-14)21-17(23)15-10-6-7-11-16(15)22-18(24-2)20-12-19/h3-11,13H,1-2H3,(H,20,22)(H,21,23). The predicted molar refractivity (Wildman–Crippen MR) is 98.1 cm³/mol. The summed E-state index contributed by atoms with van der Waals surface area (Å²) in [4.78, 5) is 17.0. The molecule has 0 spiro atoms. The molecule has 0 aliphatic heterocycles. The lowest BCUT2D eigenvalue weighted by atomic mass is 10.1. The number of amidine groups is 1. The first kappa shape index (κ1) is 17.6. The monoisotopic (exact) mass is 338 g/mol. The van der Waals surface area contributed by atoms with E-state index in [1.807, 2.05) is 49.7 Å². The number of nitrogens with one attached hydrogen (secondary N) is 2. The largest absolute Gasteiger partial charge is 0.345 e. The highest BCUT2D eigenvalue weighted by Gasteiger charge is 2.14. The van der Waals surface area contributed by atoms with Crippen LogP contribution in [0.5, 0.6) is 0 Å². The molecule has 0 bridgehead atoms. The molecule has 2 aromatic carbocycles. The van der Waals surface area contributed by atoms with Crippen LogP contribution < -0.4 is 10.6 Å². The second-order valence-corrected chi connectivity index (χ2v) is 5.78. The highest BCUT2D eigenvalue weighted by Crippen LogP contribution is 2.21. The fourth-order valence-electron chi connectivity index (χ4n) is 2.14. The lowest BCUT2D eigenvalue weighted by Gasteiger charge is -2.15. The van der Waals surface area contributed by atoms with Crippen LogP contribution >= 0.6 is 11.8 Å². The summed E-state index contributed by atoms with van der Waals surface area (Å²) in [6.07, 6.45) is 3.65. The van der Waals surface area contributed by atoms with Gasteiger partial charge in [-0.1, -0.05) is 54.2 Å². The fourth-order valence-corrected chi connectivity index (χ4v) is 2.48. The van der Waals surface area contributed by atoms with Gasteiger partial charge in [-0.2, -0.15) is 5.26 Å². The Balaban J connectivity index is 2.23. The van der Waals surface area contributed by atoms with Crippen molar-refractivity contribution in [3.05, 3.63) is 65.7 Å². The zero-order valence-electron chi connectivity index (χ0n) is 13.5. The molecule has 1 unspecified atom stereocenters. The number of benzene rings is 2. The van der Waals surface area contributed by atoms with Crippen molar-refractivity contribution in [1.29, 1.82) is 5.26 Å². The molecule has 1 atom stereocenters.